The minimum Gasteiger partial charge on any atom is -0.452 e. The smallest absolute Gasteiger partial charge is 0.331 e. The molecule has 1 N–H and O–H groups in total. The third-order valence-corrected chi connectivity index (χ3v) is 3.23. The van der Waals surface area contributed by atoms with E-state index in [2.05, 4.69) is 28.2 Å². The highest BCUT2D eigenvalue weighted by Gasteiger charge is 2.08. The molecule has 0 aliphatic rings. The van der Waals surface area contributed by atoms with E-state index in [1.807, 2.05) is 31.2 Å². The minimum atomic E-state index is -0.534. The Balaban J connectivity index is 2.35. The average Bonchev–Trinajstić information content (AvgIpc) is 2.43. The van der Waals surface area contributed by atoms with Gasteiger partial charge in [0, 0.05) is 16.6 Å². The van der Waals surface area contributed by atoms with Gasteiger partial charge in [-0.25, -0.2) is 4.79 Å². The summed E-state index contributed by atoms with van der Waals surface area (Å²) < 4.78 is 5.82. The van der Waals surface area contributed by atoms with E-state index in [1.165, 1.54) is 6.08 Å². The topological polar surface area (TPSA) is 55.4 Å². The van der Waals surface area contributed by atoms with E-state index < -0.39 is 5.97 Å². The van der Waals surface area contributed by atoms with Crippen molar-refractivity contribution < 1.29 is 14.3 Å². The molecule has 0 aromatic heterocycles. The largest absolute Gasteiger partial charge is 0.452 e. The van der Waals surface area contributed by atoms with Crippen LogP contribution >= 0.6 is 15.9 Å². The van der Waals surface area contributed by atoms with E-state index in [-0.39, 0.29) is 18.6 Å². The molecule has 114 valence electrons. The van der Waals surface area contributed by atoms with Crippen LogP contribution < -0.4 is 5.32 Å². The Bertz CT molecular complexity index is 514. The molecule has 0 aliphatic carbocycles. The SMILES string of the molecule is CCC[C@H](C)NC(=O)COC(=O)/C=C/c1cccc(Br)c1. The molecular formula is C16H20BrNO3. The van der Waals surface area contributed by atoms with Gasteiger partial charge in [-0.1, -0.05) is 41.4 Å². The lowest BCUT2D eigenvalue weighted by atomic mass is 10.2. The number of esters is 1. The van der Waals surface area contributed by atoms with Crippen LogP contribution in [0.1, 0.15) is 32.3 Å². The van der Waals surface area contributed by atoms with E-state index >= 15 is 0 Å². The van der Waals surface area contributed by atoms with Crippen molar-refractivity contribution in [3.05, 3.63) is 40.4 Å². The molecule has 0 fully saturated rings. The van der Waals surface area contributed by atoms with Crippen LogP contribution in [0.3, 0.4) is 0 Å². The highest BCUT2D eigenvalue weighted by Crippen LogP contribution is 2.12. The van der Waals surface area contributed by atoms with Crippen molar-refractivity contribution in [2.24, 2.45) is 0 Å². The Morgan fingerprint density at radius 2 is 2.19 bits per heavy atom. The maximum absolute atomic E-state index is 11.5. The summed E-state index contributed by atoms with van der Waals surface area (Å²) in [6.45, 7) is 3.72. The van der Waals surface area contributed by atoms with Gasteiger partial charge in [0.25, 0.3) is 5.91 Å². The van der Waals surface area contributed by atoms with Crippen molar-refractivity contribution in [2.45, 2.75) is 32.7 Å². The molecule has 1 aromatic rings. The fourth-order valence-electron chi connectivity index (χ4n) is 1.78. The second-order valence-electron chi connectivity index (χ2n) is 4.75. The third-order valence-electron chi connectivity index (χ3n) is 2.74. The number of ether oxygens (including phenoxy) is 1. The Morgan fingerprint density at radius 1 is 1.43 bits per heavy atom. The molecule has 21 heavy (non-hydrogen) atoms. The molecule has 0 heterocycles. The van der Waals surface area contributed by atoms with E-state index in [0.717, 1.165) is 22.9 Å². The molecule has 0 radical (unpaired) electrons. The van der Waals surface area contributed by atoms with Gasteiger partial charge < -0.3 is 10.1 Å². The van der Waals surface area contributed by atoms with Crippen LogP contribution in [0.25, 0.3) is 6.08 Å². The van der Waals surface area contributed by atoms with E-state index in [4.69, 9.17) is 4.74 Å². The lowest BCUT2D eigenvalue weighted by Gasteiger charge is -2.12. The monoisotopic (exact) mass is 353 g/mol. The standard InChI is InChI=1S/C16H20BrNO3/c1-3-5-12(2)18-15(19)11-21-16(20)9-8-13-6-4-7-14(17)10-13/h4,6-10,12H,3,5,11H2,1-2H3,(H,18,19)/b9-8+/t12-/m0/s1. The number of nitrogens with one attached hydrogen (secondary N) is 1. The summed E-state index contributed by atoms with van der Waals surface area (Å²) in [5, 5.41) is 2.77. The van der Waals surface area contributed by atoms with Crippen LogP contribution in [-0.4, -0.2) is 24.5 Å². The van der Waals surface area contributed by atoms with Gasteiger partial charge in [-0.3, -0.25) is 4.79 Å². The molecule has 0 saturated heterocycles. The maximum Gasteiger partial charge on any atom is 0.331 e. The van der Waals surface area contributed by atoms with Crippen molar-refractivity contribution in [1.82, 2.24) is 5.32 Å². The number of hydrogen-bond acceptors (Lipinski definition) is 3. The molecule has 1 rings (SSSR count). The zero-order chi connectivity index (χ0) is 15.7. The Labute approximate surface area is 133 Å². The summed E-state index contributed by atoms with van der Waals surface area (Å²) in [5.74, 6) is -0.812. The molecule has 0 unspecified atom stereocenters. The van der Waals surface area contributed by atoms with Crippen LogP contribution in [-0.2, 0) is 14.3 Å². The van der Waals surface area contributed by atoms with E-state index in [9.17, 15) is 9.59 Å². The molecule has 1 aromatic carbocycles. The second kappa shape index (κ2) is 9.34. The molecule has 0 bridgehead atoms. The van der Waals surface area contributed by atoms with Gasteiger partial charge in [-0.15, -0.1) is 0 Å². The highest BCUT2D eigenvalue weighted by molar-refractivity contribution is 9.10. The maximum atomic E-state index is 11.5. The number of rotatable bonds is 7. The van der Waals surface area contributed by atoms with Crippen LogP contribution in [0.4, 0.5) is 0 Å². The first-order valence-corrected chi connectivity index (χ1v) is 7.70. The Hall–Kier alpha value is -1.62. The lowest BCUT2D eigenvalue weighted by molar-refractivity contribution is -0.144. The molecule has 1 atom stereocenters. The Morgan fingerprint density at radius 3 is 2.86 bits per heavy atom. The predicted molar refractivity (Wildman–Crippen MR) is 86.6 cm³/mol. The summed E-state index contributed by atoms with van der Waals surface area (Å²) in [4.78, 5) is 23.0. The van der Waals surface area contributed by atoms with Gasteiger partial charge in [0.1, 0.15) is 0 Å². The first kappa shape index (κ1) is 17.4. The van der Waals surface area contributed by atoms with Gasteiger partial charge in [0.15, 0.2) is 6.61 Å². The zero-order valence-electron chi connectivity index (χ0n) is 12.3. The molecule has 4 nitrogen and oxygen atoms in total. The van der Waals surface area contributed by atoms with Crippen molar-refractivity contribution in [3.63, 3.8) is 0 Å². The molecule has 0 spiro atoms. The normalized spacial score (nSPS) is 12.1. The summed E-state index contributed by atoms with van der Waals surface area (Å²) >= 11 is 3.35. The van der Waals surface area contributed by atoms with Crippen molar-refractivity contribution in [3.8, 4) is 0 Å². The second-order valence-corrected chi connectivity index (χ2v) is 5.67. The highest BCUT2D eigenvalue weighted by atomic mass is 79.9. The van der Waals surface area contributed by atoms with Crippen molar-refractivity contribution in [1.29, 1.82) is 0 Å². The third kappa shape index (κ3) is 7.66. The number of carbonyl (C=O) groups is 2. The van der Waals surface area contributed by atoms with Gasteiger partial charge in [0.2, 0.25) is 0 Å². The predicted octanol–water partition coefficient (Wildman–Crippen LogP) is 3.31. The van der Waals surface area contributed by atoms with Crippen LogP contribution in [0.5, 0.6) is 0 Å². The Kier molecular flexibility index (Phi) is 7.75. The van der Waals surface area contributed by atoms with Gasteiger partial charge in [-0.2, -0.15) is 0 Å². The number of amides is 1. The molecule has 0 saturated carbocycles. The minimum absolute atomic E-state index is 0.0958. The van der Waals surface area contributed by atoms with E-state index in [0.29, 0.717) is 0 Å². The summed E-state index contributed by atoms with van der Waals surface area (Å²) in [6, 6.07) is 7.62. The summed E-state index contributed by atoms with van der Waals surface area (Å²) in [5.41, 5.74) is 0.877. The molecule has 0 aliphatic heterocycles. The zero-order valence-corrected chi connectivity index (χ0v) is 13.9. The fraction of sp³-hybridized carbons (Fsp3) is 0.375. The quantitative estimate of drug-likeness (QED) is 0.604. The van der Waals surface area contributed by atoms with Crippen molar-refractivity contribution in [2.75, 3.05) is 6.61 Å². The number of carbonyl (C=O) groups excluding carboxylic acids is 2. The average molecular weight is 354 g/mol. The number of halogens is 1. The van der Waals surface area contributed by atoms with Gasteiger partial charge in [0.05, 0.1) is 0 Å². The number of hydrogen-bond donors (Lipinski definition) is 1. The lowest BCUT2D eigenvalue weighted by Crippen LogP contribution is -2.35. The summed E-state index contributed by atoms with van der Waals surface area (Å²) in [6.07, 6.45) is 4.86. The summed E-state index contributed by atoms with van der Waals surface area (Å²) in [7, 11) is 0. The number of benzene rings is 1. The molecule has 1 amide bonds. The fourth-order valence-corrected chi connectivity index (χ4v) is 2.20. The van der Waals surface area contributed by atoms with Crippen LogP contribution in [0, 0.1) is 0 Å². The van der Waals surface area contributed by atoms with Gasteiger partial charge >= 0.3 is 5.97 Å². The molecule has 5 heteroatoms. The van der Waals surface area contributed by atoms with Crippen LogP contribution in [0.15, 0.2) is 34.8 Å². The van der Waals surface area contributed by atoms with Gasteiger partial charge in [-0.05, 0) is 37.1 Å². The van der Waals surface area contributed by atoms with Crippen molar-refractivity contribution >= 4 is 33.9 Å². The first-order chi connectivity index (χ1) is 10.0. The molecular weight excluding hydrogens is 334 g/mol. The first-order valence-electron chi connectivity index (χ1n) is 6.91. The van der Waals surface area contributed by atoms with Crippen LogP contribution in [0.2, 0.25) is 0 Å². The van der Waals surface area contributed by atoms with E-state index in [1.54, 1.807) is 6.08 Å².